The van der Waals surface area contributed by atoms with Gasteiger partial charge in [0, 0.05) is 50.5 Å². The van der Waals surface area contributed by atoms with E-state index in [1.807, 2.05) is 6.07 Å². The van der Waals surface area contributed by atoms with E-state index in [1.54, 1.807) is 12.4 Å². The number of aromatic nitrogens is 2. The van der Waals surface area contributed by atoms with Crippen LogP contribution in [0.15, 0.2) is 18.5 Å². The van der Waals surface area contributed by atoms with Gasteiger partial charge in [0.2, 0.25) is 5.95 Å². The molecule has 158 valence electrons. The minimum atomic E-state index is -0.578. The third kappa shape index (κ3) is 4.69. The summed E-state index contributed by atoms with van der Waals surface area (Å²) in [5, 5.41) is 3.00. The van der Waals surface area contributed by atoms with Crippen LogP contribution in [0.4, 0.5) is 5.95 Å². The fourth-order valence-electron chi connectivity index (χ4n) is 4.92. The number of nitrogens with one attached hydrogen (secondary N) is 1. The van der Waals surface area contributed by atoms with Crippen molar-refractivity contribution in [3.8, 4) is 0 Å². The van der Waals surface area contributed by atoms with Gasteiger partial charge in [-0.25, -0.2) is 9.97 Å². The van der Waals surface area contributed by atoms with Crippen LogP contribution in [0.3, 0.4) is 0 Å². The first-order valence-electron chi connectivity index (χ1n) is 10.9. The lowest BCUT2D eigenvalue weighted by atomic mass is 9.79. The molecule has 3 heterocycles. The summed E-state index contributed by atoms with van der Waals surface area (Å²) in [5.74, 6) is 0.490. The molecule has 29 heavy (non-hydrogen) atoms. The summed E-state index contributed by atoms with van der Waals surface area (Å²) in [7, 11) is 0. The van der Waals surface area contributed by atoms with Gasteiger partial charge in [0.05, 0.1) is 6.42 Å². The van der Waals surface area contributed by atoms with Gasteiger partial charge >= 0.3 is 5.97 Å². The Morgan fingerprint density at radius 2 is 1.86 bits per heavy atom. The molecule has 1 aromatic rings. The fourth-order valence-corrected chi connectivity index (χ4v) is 4.92. The fraction of sp³-hybridized carbons (Fsp3) is 0.714. The van der Waals surface area contributed by atoms with E-state index >= 15 is 0 Å². The predicted octanol–water partition coefficient (Wildman–Crippen LogP) is 1.37. The second kappa shape index (κ2) is 9.07. The maximum Gasteiger partial charge on any atom is 0.307 e. The van der Waals surface area contributed by atoms with E-state index in [-0.39, 0.29) is 17.3 Å². The van der Waals surface area contributed by atoms with Gasteiger partial charge < -0.3 is 15.0 Å². The van der Waals surface area contributed by atoms with Crippen LogP contribution in [0, 0.1) is 5.41 Å². The van der Waals surface area contributed by atoms with Crippen LogP contribution in [-0.4, -0.2) is 72.1 Å². The summed E-state index contributed by atoms with van der Waals surface area (Å²) in [5.41, 5.74) is -0.233. The van der Waals surface area contributed by atoms with Crippen molar-refractivity contribution in [2.45, 2.75) is 51.0 Å². The number of ether oxygens (including phenoxy) is 1. The minimum Gasteiger partial charge on any atom is -0.452 e. The zero-order valence-electron chi connectivity index (χ0n) is 17.0. The highest BCUT2D eigenvalue weighted by Crippen LogP contribution is 2.49. The van der Waals surface area contributed by atoms with Crippen LogP contribution in [0.25, 0.3) is 0 Å². The molecule has 1 unspecified atom stereocenters. The number of carbonyl (C=O) groups excluding carboxylic acids is 2. The average Bonchev–Trinajstić information content (AvgIpc) is 3.35. The number of amides is 1. The van der Waals surface area contributed by atoms with Gasteiger partial charge in [-0.2, -0.15) is 0 Å². The van der Waals surface area contributed by atoms with Crippen LogP contribution < -0.4 is 10.2 Å². The second-order valence-corrected chi connectivity index (χ2v) is 8.49. The number of hydrogen-bond donors (Lipinski definition) is 1. The van der Waals surface area contributed by atoms with Crippen LogP contribution in [0.5, 0.6) is 0 Å². The number of nitrogens with zero attached hydrogens (tertiary/aromatic N) is 4. The quantitative estimate of drug-likeness (QED) is 0.545. The van der Waals surface area contributed by atoms with Gasteiger partial charge in [-0.1, -0.05) is 12.8 Å². The van der Waals surface area contributed by atoms with Crippen molar-refractivity contribution in [1.82, 2.24) is 20.2 Å². The third-order valence-corrected chi connectivity index (χ3v) is 6.55. The largest absolute Gasteiger partial charge is 0.452 e. The van der Waals surface area contributed by atoms with Gasteiger partial charge in [-0.15, -0.1) is 0 Å². The Labute approximate surface area is 172 Å². The summed E-state index contributed by atoms with van der Waals surface area (Å²) in [6.45, 7) is 5.56. The first-order chi connectivity index (χ1) is 14.2. The molecular weight excluding hydrogens is 370 g/mol. The number of carbonyl (C=O) groups is 2. The molecule has 3 fully saturated rings. The van der Waals surface area contributed by atoms with Crippen LogP contribution in [-0.2, 0) is 14.3 Å². The molecule has 3 aliphatic rings. The summed E-state index contributed by atoms with van der Waals surface area (Å²) < 4.78 is 5.39. The molecular formula is C21H31N5O3. The van der Waals surface area contributed by atoms with Gasteiger partial charge in [-0.3, -0.25) is 14.5 Å². The number of hydrogen-bond acceptors (Lipinski definition) is 7. The zero-order valence-corrected chi connectivity index (χ0v) is 17.0. The van der Waals surface area contributed by atoms with E-state index in [0.29, 0.717) is 13.0 Å². The molecule has 1 saturated carbocycles. The molecule has 1 atom stereocenters. The first-order valence-corrected chi connectivity index (χ1v) is 10.9. The maximum atomic E-state index is 12.6. The van der Waals surface area contributed by atoms with Crippen molar-refractivity contribution < 1.29 is 14.3 Å². The molecule has 8 nitrogen and oxygen atoms in total. The molecule has 0 aromatic carbocycles. The highest BCUT2D eigenvalue weighted by molar-refractivity contribution is 5.88. The SMILES string of the molecule is O=C1CC2(CCCC2)C(C(=O)NCCCCN2CCN(c3ncccn3)CC2)O1. The Kier molecular flexibility index (Phi) is 6.28. The highest BCUT2D eigenvalue weighted by Gasteiger charge is 2.53. The van der Waals surface area contributed by atoms with Gasteiger partial charge in [0.25, 0.3) is 5.91 Å². The van der Waals surface area contributed by atoms with E-state index in [4.69, 9.17) is 4.74 Å². The van der Waals surface area contributed by atoms with E-state index in [2.05, 4.69) is 25.1 Å². The summed E-state index contributed by atoms with van der Waals surface area (Å²) in [6.07, 6.45) is 9.39. The Bertz CT molecular complexity index is 700. The Balaban J connectivity index is 1.12. The maximum absolute atomic E-state index is 12.6. The smallest absolute Gasteiger partial charge is 0.307 e. The lowest BCUT2D eigenvalue weighted by Crippen LogP contribution is -2.47. The van der Waals surface area contributed by atoms with Gasteiger partial charge in [-0.05, 0) is 38.3 Å². The Morgan fingerprint density at radius 3 is 2.59 bits per heavy atom. The predicted molar refractivity (Wildman–Crippen MR) is 108 cm³/mol. The number of piperazine rings is 1. The van der Waals surface area contributed by atoms with Crippen molar-refractivity contribution in [3.63, 3.8) is 0 Å². The zero-order chi connectivity index (χ0) is 20.1. The van der Waals surface area contributed by atoms with Crippen LogP contribution in [0.2, 0.25) is 0 Å². The molecule has 2 aliphatic heterocycles. The van der Waals surface area contributed by atoms with Gasteiger partial charge in [0.15, 0.2) is 6.10 Å². The topological polar surface area (TPSA) is 87.7 Å². The number of cyclic esters (lactones) is 1. The Morgan fingerprint density at radius 1 is 1.14 bits per heavy atom. The summed E-state index contributed by atoms with van der Waals surface area (Å²) >= 11 is 0. The molecule has 1 amide bonds. The van der Waals surface area contributed by atoms with Crippen LogP contribution >= 0.6 is 0 Å². The Hall–Kier alpha value is -2.22. The van der Waals surface area contributed by atoms with Crippen molar-refractivity contribution in [3.05, 3.63) is 18.5 Å². The number of unbranched alkanes of at least 4 members (excludes halogenated alkanes) is 1. The van der Waals surface area contributed by atoms with Crippen molar-refractivity contribution in [2.75, 3.05) is 44.2 Å². The van der Waals surface area contributed by atoms with E-state index in [0.717, 1.165) is 77.2 Å². The highest BCUT2D eigenvalue weighted by atomic mass is 16.6. The lowest BCUT2D eigenvalue weighted by Gasteiger charge is -2.34. The molecule has 0 radical (unpaired) electrons. The number of rotatable bonds is 7. The lowest BCUT2D eigenvalue weighted by molar-refractivity contribution is -0.149. The molecule has 2 saturated heterocycles. The molecule has 1 N–H and O–H groups in total. The monoisotopic (exact) mass is 401 g/mol. The minimum absolute atomic E-state index is 0.103. The molecule has 1 aliphatic carbocycles. The first kappa shape index (κ1) is 20.1. The van der Waals surface area contributed by atoms with Gasteiger partial charge in [0.1, 0.15) is 0 Å². The molecule has 0 bridgehead atoms. The summed E-state index contributed by atoms with van der Waals surface area (Å²) in [6, 6.07) is 1.84. The van der Waals surface area contributed by atoms with E-state index in [1.165, 1.54) is 0 Å². The standard InChI is InChI=1S/C21H31N5O3/c27-17-16-21(6-1-2-7-21)18(29-17)19(28)22-8-3-4-11-25-12-14-26(15-13-25)20-23-9-5-10-24-20/h5,9-10,18H,1-4,6-8,11-16H2,(H,22,28). The van der Waals surface area contributed by atoms with Crippen molar-refractivity contribution >= 4 is 17.8 Å². The molecule has 1 aromatic heterocycles. The molecule has 1 spiro atoms. The molecule has 4 rings (SSSR count). The summed E-state index contributed by atoms with van der Waals surface area (Å²) in [4.78, 5) is 37.6. The second-order valence-electron chi connectivity index (χ2n) is 8.49. The number of anilines is 1. The van der Waals surface area contributed by atoms with E-state index < -0.39 is 6.10 Å². The molecule has 8 heteroatoms. The van der Waals surface area contributed by atoms with Crippen molar-refractivity contribution in [1.29, 1.82) is 0 Å². The van der Waals surface area contributed by atoms with Crippen LogP contribution in [0.1, 0.15) is 44.9 Å². The third-order valence-electron chi connectivity index (χ3n) is 6.55. The normalized spacial score (nSPS) is 24.1. The number of esters is 1. The van der Waals surface area contributed by atoms with E-state index in [9.17, 15) is 9.59 Å². The van der Waals surface area contributed by atoms with Crippen molar-refractivity contribution in [2.24, 2.45) is 5.41 Å². The average molecular weight is 402 g/mol.